The molecule has 2 atom stereocenters. The van der Waals surface area contributed by atoms with E-state index in [1.54, 1.807) is 0 Å². The Morgan fingerprint density at radius 2 is 1.61 bits per heavy atom. The number of carbonyl (C=O) groups excluding carboxylic acids is 1. The summed E-state index contributed by atoms with van der Waals surface area (Å²) < 4.78 is 11.8. The summed E-state index contributed by atoms with van der Waals surface area (Å²) in [5.41, 5.74) is 0.990. The van der Waals surface area contributed by atoms with Gasteiger partial charge in [-0.3, -0.25) is 4.79 Å². The second-order valence-corrected chi connectivity index (χ2v) is 10.8. The zero-order chi connectivity index (χ0) is 17.3. The molecule has 0 saturated heterocycles. The molecule has 0 saturated carbocycles. The number of carbonyl (C=O) groups is 1. The summed E-state index contributed by atoms with van der Waals surface area (Å²) in [5.74, 6) is -0.529. The quantitative estimate of drug-likeness (QED) is 0.439. The topological polar surface area (TPSA) is 35.5 Å². The molecule has 130 valence electrons. The maximum atomic E-state index is 12.5. The summed E-state index contributed by atoms with van der Waals surface area (Å²) in [7, 11) is -0.316. The van der Waals surface area contributed by atoms with Crippen LogP contribution in [0.4, 0.5) is 0 Å². The van der Waals surface area contributed by atoms with Crippen LogP contribution in [0.1, 0.15) is 52.0 Å². The molecule has 0 fully saturated rings. The molecule has 0 bridgehead atoms. The number of hydrogen-bond donors (Lipinski definition) is 0. The third-order valence-corrected chi connectivity index (χ3v) is 9.56. The molecular weight excluding hydrogens is 304 g/mol. The lowest BCUT2D eigenvalue weighted by Crippen LogP contribution is -2.43. The molecule has 0 heterocycles. The monoisotopic (exact) mass is 336 g/mol. The Morgan fingerprint density at radius 3 is 2.04 bits per heavy atom. The Balaban J connectivity index is 3.17. The van der Waals surface area contributed by atoms with E-state index < -0.39 is 8.32 Å². The maximum Gasteiger partial charge on any atom is 0.315 e. The van der Waals surface area contributed by atoms with E-state index in [0.717, 1.165) is 36.5 Å². The highest BCUT2D eigenvalue weighted by Gasteiger charge is 2.38. The Bertz CT molecular complexity index is 449. The van der Waals surface area contributed by atoms with Crippen LogP contribution in [-0.2, 0) is 14.0 Å². The van der Waals surface area contributed by atoms with E-state index in [9.17, 15) is 4.79 Å². The van der Waals surface area contributed by atoms with Crippen molar-refractivity contribution in [2.24, 2.45) is 0 Å². The Morgan fingerprint density at radius 1 is 1.04 bits per heavy atom. The van der Waals surface area contributed by atoms with Crippen LogP contribution >= 0.6 is 0 Å². The van der Waals surface area contributed by atoms with Gasteiger partial charge in [-0.25, -0.2) is 0 Å². The molecule has 0 aliphatic heterocycles. The fraction of sp³-hybridized carbons (Fsp3) is 0.632. The van der Waals surface area contributed by atoms with E-state index in [-0.39, 0.29) is 18.0 Å². The highest BCUT2D eigenvalue weighted by Crippen LogP contribution is 2.32. The van der Waals surface area contributed by atoms with Crippen molar-refractivity contribution in [3.8, 4) is 0 Å². The van der Waals surface area contributed by atoms with Gasteiger partial charge in [-0.15, -0.1) is 0 Å². The summed E-state index contributed by atoms with van der Waals surface area (Å²) in [6.07, 6.45) is 1.78. The van der Waals surface area contributed by atoms with Gasteiger partial charge in [-0.1, -0.05) is 64.4 Å². The Kier molecular flexibility index (Phi) is 8.56. The van der Waals surface area contributed by atoms with Gasteiger partial charge in [0.1, 0.15) is 5.92 Å². The standard InChI is InChI=1S/C19H32O3Si/c1-6-13-17(22-23(7-2,8-3)9-4)18(19(20)21-5)16-14-11-10-12-15-16/h10-12,14-15,17-18H,6-9,13H2,1-5H3/t17-,18+/m0/s1. The van der Waals surface area contributed by atoms with Crippen LogP contribution in [0.5, 0.6) is 0 Å². The van der Waals surface area contributed by atoms with Crippen molar-refractivity contribution in [1.29, 1.82) is 0 Å². The Labute approximate surface area is 142 Å². The lowest BCUT2D eigenvalue weighted by Gasteiger charge is -2.36. The minimum atomic E-state index is -1.78. The second kappa shape index (κ2) is 9.88. The molecule has 0 N–H and O–H groups in total. The van der Waals surface area contributed by atoms with Gasteiger partial charge >= 0.3 is 5.97 Å². The van der Waals surface area contributed by atoms with Crippen molar-refractivity contribution in [2.75, 3.05) is 7.11 Å². The van der Waals surface area contributed by atoms with Gasteiger partial charge in [0.25, 0.3) is 0 Å². The molecule has 0 aliphatic rings. The van der Waals surface area contributed by atoms with Crippen molar-refractivity contribution in [3.63, 3.8) is 0 Å². The molecule has 3 nitrogen and oxygen atoms in total. The number of methoxy groups -OCH3 is 1. The molecular formula is C19H32O3Si. The van der Waals surface area contributed by atoms with Gasteiger partial charge in [0, 0.05) is 0 Å². The van der Waals surface area contributed by atoms with E-state index in [1.165, 1.54) is 7.11 Å². The molecule has 0 unspecified atom stereocenters. The van der Waals surface area contributed by atoms with Gasteiger partial charge in [-0.05, 0) is 30.1 Å². The van der Waals surface area contributed by atoms with Crippen LogP contribution < -0.4 is 0 Å². The van der Waals surface area contributed by atoms with Crippen molar-refractivity contribution in [3.05, 3.63) is 35.9 Å². The van der Waals surface area contributed by atoms with Crippen LogP contribution in [0.2, 0.25) is 18.1 Å². The zero-order valence-corrected chi connectivity index (χ0v) is 16.3. The molecule has 0 amide bonds. The van der Waals surface area contributed by atoms with Crippen LogP contribution in [0.15, 0.2) is 30.3 Å². The van der Waals surface area contributed by atoms with E-state index in [1.807, 2.05) is 30.3 Å². The van der Waals surface area contributed by atoms with Gasteiger partial charge in [0.05, 0.1) is 13.2 Å². The van der Waals surface area contributed by atoms with Crippen molar-refractivity contribution < 1.29 is 14.0 Å². The van der Waals surface area contributed by atoms with Crippen LogP contribution in [0.3, 0.4) is 0 Å². The summed E-state index contributed by atoms with van der Waals surface area (Å²) in [4.78, 5) is 12.5. The van der Waals surface area contributed by atoms with Crippen molar-refractivity contribution >= 4 is 14.3 Å². The zero-order valence-electron chi connectivity index (χ0n) is 15.3. The molecule has 1 aromatic carbocycles. The van der Waals surface area contributed by atoms with Gasteiger partial charge in [0.15, 0.2) is 8.32 Å². The fourth-order valence-corrected chi connectivity index (χ4v) is 6.09. The summed E-state index contributed by atoms with van der Waals surface area (Å²) >= 11 is 0. The molecule has 0 spiro atoms. The van der Waals surface area contributed by atoms with Crippen molar-refractivity contribution in [1.82, 2.24) is 0 Å². The molecule has 0 radical (unpaired) electrons. The molecule has 0 aromatic heterocycles. The van der Waals surface area contributed by atoms with E-state index >= 15 is 0 Å². The third kappa shape index (κ3) is 5.18. The number of esters is 1. The third-order valence-electron chi connectivity index (χ3n) is 4.89. The van der Waals surface area contributed by atoms with Crippen molar-refractivity contribution in [2.45, 2.75) is 70.7 Å². The van der Waals surface area contributed by atoms with Crippen LogP contribution in [-0.4, -0.2) is 27.5 Å². The second-order valence-electron chi connectivity index (χ2n) is 6.10. The molecule has 1 aromatic rings. The molecule has 1 rings (SSSR count). The smallest absolute Gasteiger partial charge is 0.315 e. The molecule has 0 aliphatic carbocycles. The fourth-order valence-electron chi connectivity index (χ4n) is 3.19. The predicted octanol–water partition coefficient (Wildman–Crippen LogP) is 5.13. The first-order valence-electron chi connectivity index (χ1n) is 8.88. The predicted molar refractivity (Wildman–Crippen MR) is 98.2 cm³/mol. The van der Waals surface area contributed by atoms with E-state index in [0.29, 0.717) is 0 Å². The number of ether oxygens (including phenoxy) is 1. The summed E-state index contributed by atoms with van der Waals surface area (Å²) in [6, 6.07) is 13.2. The number of hydrogen-bond acceptors (Lipinski definition) is 3. The first-order chi connectivity index (χ1) is 11.1. The summed E-state index contributed by atoms with van der Waals surface area (Å²) in [6.45, 7) is 8.80. The average Bonchev–Trinajstić information content (AvgIpc) is 2.60. The number of benzene rings is 1. The van der Waals surface area contributed by atoms with Gasteiger partial charge < -0.3 is 9.16 Å². The molecule has 4 heteroatoms. The van der Waals surface area contributed by atoms with Gasteiger partial charge in [-0.2, -0.15) is 0 Å². The van der Waals surface area contributed by atoms with Gasteiger partial charge in [0.2, 0.25) is 0 Å². The number of rotatable bonds is 10. The SMILES string of the molecule is CCC[C@H](O[Si](CC)(CC)CC)[C@H](C(=O)OC)c1ccccc1. The highest BCUT2D eigenvalue weighted by atomic mass is 28.4. The largest absolute Gasteiger partial charge is 0.468 e. The minimum Gasteiger partial charge on any atom is -0.468 e. The van der Waals surface area contributed by atoms with E-state index in [2.05, 4.69) is 27.7 Å². The lowest BCUT2D eigenvalue weighted by atomic mass is 9.91. The first-order valence-corrected chi connectivity index (χ1v) is 11.4. The van der Waals surface area contributed by atoms with Crippen LogP contribution in [0, 0.1) is 0 Å². The van der Waals surface area contributed by atoms with E-state index in [4.69, 9.17) is 9.16 Å². The van der Waals surface area contributed by atoms with Crippen LogP contribution in [0.25, 0.3) is 0 Å². The summed E-state index contributed by atoms with van der Waals surface area (Å²) in [5, 5.41) is 0. The first kappa shape index (κ1) is 19.9. The minimum absolute atomic E-state index is 0.0960. The lowest BCUT2D eigenvalue weighted by molar-refractivity contribution is -0.145. The molecule has 23 heavy (non-hydrogen) atoms. The average molecular weight is 337 g/mol. The Hall–Kier alpha value is -1.13. The normalized spacial score (nSPS) is 14.3. The maximum absolute atomic E-state index is 12.5. The highest BCUT2D eigenvalue weighted by molar-refractivity contribution is 6.73.